The summed E-state index contributed by atoms with van der Waals surface area (Å²) in [6, 6.07) is 11.9. The molecule has 2 heterocycles. The van der Waals surface area contributed by atoms with Gasteiger partial charge in [-0.05, 0) is 53.8 Å². The normalized spacial score (nSPS) is 18.2. The molecule has 4 amide bonds. The van der Waals surface area contributed by atoms with Crippen LogP contribution in [0.1, 0.15) is 27.9 Å². The fourth-order valence-electron chi connectivity index (χ4n) is 4.05. The van der Waals surface area contributed by atoms with E-state index in [0.29, 0.717) is 30.8 Å². The van der Waals surface area contributed by atoms with E-state index in [4.69, 9.17) is 0 Å². The van der Waals surface area contributed by atoms with Gasteiger partial charge < -0.3 is 15.3 Å². The maximum absolute atomic E-state index is 13.0. The van der Waals surface area contributed by atoms with E-state index in [2.05, 4.69) is 5.32 Å². The topological polar surface area (TPSA) is 107 Å². The number of thioether (sulfide) groups is 1. The van der Waals surface area contributed by atoms with Crippen LogP contribution in [0.5, 0.6) is 0 Å². The Morgan fingerprint density at radius 3 is 2.47 bits per heavy atom. The van der Waals surface area contributed by atoms with E-state index in [9.17, 15) is 24.3 Å². The predicted molar refractivity (Wildman–Crippen MR) is 121 cm³/mol. The number of hydrogen-bond donors (Lipinski definition) is 2. The molecule has 166 valence electrons. The van der Waals surface area contributed by atoms with E-state index >= 15 is 0 Å². The zero-order chi connectivity index (χ0) is 22.8. The monoisotopic (exact) mass is 453 g/mol. The molecule has 1 fully saturated rings. The van der Waals surface area contributed by atoms with E-state index in [1.165, 1.54) is 36.0 Å². The lowest BCUT2D eigenvalue weighted by Gasteiger charge is -2.28. The molecule has 0 bridgehead atoms. The van der Waals surface area contributed by atoms with Gasteiger partial charge in [0.25, 0.3) is 11.8 Å². The molecule has 32 heavy (non-hydrogen) atoms. The number of anilines is 1. The molecule has 0 saturated carbocycles. The van der Waals surface area contributed by atoms with Gasteiger partial charge in [0.2, 0.25) is 0 Å². The number of nitrogens with zero attached hydrogens (tertiary/aromatic N) is 2. The fraction of sp³-hybridized carbons (Fsp3) is 0.304. The number of urea groups is 1. The Morgan fingerprint density at radius 2 is 1.81 bits per heavy atom. The van der Waals surface area contributed by atoms with Crippen LogP contribution in [0.4, 0.5) is 10.5 Å². The van der Waals surface area contributed by atoms with Gasteiger partial charge in [-0.3, -0.25) is 9.59 Å². The summed E-state index contributed by atoms with van der Waals surface area (Å²) in [5, 5.41) is 11.8. The van der Waals surface area contributed by atoms with Crippen molar-refractivity contribution >= 4 is 41.3 Å². The fourth-order valence-corrected chi connectivity index (χ4v) is 4.52. The number of carboxylic acid groups (broad SMARTS) is 1. The van der Waals surface area contributed by atoms with E-state index in [0.717, 1.165) is 16.0 Å². The van der Waals surface area contributed by atoms with Gasteiger partial charge >= 0.3 is 12.0 Å². The van der Waals surface area contributed by atoms with Crippen LogP contribution < -0.4 is 10.2 Å². The lowest BCUT2D eigenvalue weighted by atomic mass is 9.95. The van der Waals surface area contributed by atoms with Crippen LogP contribution in [-0.2, 0) is 22.6 Å². The highest BCUT2D eigenvalue weighted by atomic mass is 32.2. The zero-order valence-electron chi connectivity index (χ0n) is 17.5. The minimum Gasteiger partial charge on any atom is -0.480 e. The largest absolute Gasteiger partial charge is 0.480 e. The molecule has 1 saturated heterocycles. The molecule has 2 aliphatic heterocycles. The minimum atomic E-state index is -1.09. The molecule has 9 heteroatoms. The number of fused-ring (bicyclic) bond motifs is 2. The second kappa shape index (κ2) is 9.04. The van der Waals surface area contributed by atoms with Crippen molar-refractivity contribution in [2.24, 2.45) is 0 Å². The van der Waals surface area contributed by atoms with Crippen molar-refractivity contribution in [3.05, 3.63) is 65.2 Å². The van der Waals surface area contributed by atoms with Crippen LogP contribution in [0.2, 0.25) is 0 Å². The second-order valence-corrected chi connectivity index (χ2v) is 8.75. The zero-order valence-corrected chi connectivity index (χ0v) is 18.3. The molecule has 0 aromatic heterocycles. The third kappa shape index (κ3) is 4.08. The van der Waals surface area contributed by atoms with E-state index in [1.54, 1.807) is 4.90 Å². The number of amides is 4. The average molecular weight is 454 g/mol. The molecule has 4 rings (SSSR count). The summed E-state index contributed by atoms with van der Waals surface area (Å²) in [4.78, 5) is 52.6. The molecular formula is C23H23N3O5S. The highest BCUT2D eigenvalue weighted by Crippen LogP contribution is 2.32. The van der Waals surface area contributed by atoms with Crippen LogP contribution in [0.3, 0.4) is 0 Å². The lowest BCUT2D eigenvalue weighted by Crippen LogP contribution is -2.41. The van der Waals surface area contributed by atoms with Crippen LogP contribution in [0, 0.1) is 0 Å². The first-order chi connectivity index (χ1) is 15.4. The maximum Gasteiger partial charge on any atom is 0.332 e. The summed E-state index contributed by atoms with van der Waals surface area (Å²) in [6.45, 7) is 0.384. The van der Waals surface area contributed by atoms with Gasteiger partial charge in [-0.25, -0.2) is 14.5 Å². The van der Waals surface area contributed by atoms with Crippen molar-refractivity contribution in [2.45, 2.75) is 31.5 Å². The van der Waals surface area contributed by atoms with Gasteiger partial charge in [-0.15, -0.1) is 0 Å². The number of imide groups is 1. The Hall–Kier alpha value is -3.33. The van der Waals surface area contributed by atoms with Crippen LogP contribution in [0.15, 0.2) is 48.5 Å². The van der Waals surface area contributed by atoms with Crippen LogP contribution in [0.25, 0.3) is 0 Å². The first-order valence-electron chi connectivity index (χ1n) is 10.2. The van der Waals surface area contributed by atoms with Crippen molar-refractivity contribution in [3.63, 3.8) is 0 Å². The average Bonchev–Trinajstić information content (AvgIpc) is 3.04. The van der Waals surface area contributed by atoms with Crippen molar-refractivity contribution < 1.29 is 24.3 Å². The van der Waals surface area contributed by atoms with Gasteiger partial charge in [-0.1, -0.05) is 24.3 Å². The van der Waals surface area contributed by atoms with Crippen molar-refractivity contribution in [3.8, 4) is 0 Å². The number of carboxylic acids is 1. The standard InChI is InChI=1S/C23H23N3O5S/c1-32-11-10-18(22(29)30)24-20(27)14-6-8-17(9-7-14)26-21(28)19-12-15-4-2-3-5-16(15)13-25(19)23(26)31/h2-9,18-19H,10-13H2,1H3,(H,24,27)(H,29,30)/t18-,19-/m0/s1. The number of carbonyl (C=O) groups excluding carboxylic acids is 3. The van der Waals surface area contributed by atoms with E-state index < -0.39 is 24.0 Å². The molecule has 0 unspecified atom stereocenters. The molecule has 2 aromatic carbocycles. The molecule has 2 aromatic rings. The van der Waals surface area contributed by atoms with Gasteiger partial charge in [0.15, 0.2) is 0 Å². The molecule has 2 aliphatic rings. The maximum atomic E-state index is 13.0. The van der Waals surface area contributed by atoms with Crippen LogP contribution >= 0.6 is 11.8 Å². The highest BCUT2D eigenvalue weighted by molar-refractivity contribution is 7.98. The molecule has 8 nitrogen and oxygen atoms in total. The Bertz CT molecular complexity index is 1030. The molecule has 2 N–H and O–H groups in total. The second-order valence-electron chi connectivity index (χ2n) is 7.77. The van der Waals surface area contributed by atoms with E-state index in [-0.39, 0.29) is 17.5 Å². The quantitative estimate of drug-likeness (QED) is 0.624. The summed E-state index contributed by atoms with van der Waals surface area (Å²) < 4.78 is 0. The number of benzene rings is 2. The van der Waals surface area contributed by atoms with Gasteiger partial charge in [0.1, 0.15) is 12.1 Å². The summed E-state index contributed by atoms with van der Waals surface area (Å²) in [5.41, 5.74) is 2.74. The first kappa shape index (κ1) is 21.9. The Balaban J connectivity index is 1.49. The molecular weight excluding hydrogens is 430 g/mol. The number of rotatable bonds is 7. The van der Waals surface area contributed by atoms with Crippen molar-refractivity contribution in [1.82, 2.24) is 10.2 Å². The third-order valence-electron chi connectivity index (χ3n) is 5.79. The van der Waals surface area contributed by atoms with E-state index in [1.807, 2.05) is 30.5 Å². The summed E-state index contributed by atoms with van der Waals surface area (Å²) in [5.74, 6) is -1.28. The number of carbonyl (C=O) groups is 4. The van der Waals surface area contributed by atoms with Crippen LogP contribution in [-0.4, -0.2) is 57.9 Å². The Morgan fingerprint density at radius 1 is 1.12 bits per heavy atom. The predicted octanol–water partition coefficient (Wildman–Crippen LogP) is 2.52. The SMILES string of the molecule is CSCC[C@H](NC(=O)c1ccc(N2C(=O)[C@@H]3Cc4ccccc4CN3C2=O)cc1)C(=O)O. The number of nitrogens with one attached hydrogen (secondary N) is 1. The number of aliphatic carboxylic acids is 1. The molecule has 0 spiro atoms. The van der Waals surface area contributed by atoms with Gasteiger partial charge in [0.05, 0.1) is 5.69 Å². The molecule has 0 radical (unpaired) electrons. The number of hydrogen-bond acceptors (Lipinski definition) is 5. The molecule has 2 atom stereocenters. The smallest absolute Gasteiger partial charge is 0.332 e. The molecule has 0 aliphatic carbocycles. The summed E-state index contributed by atoms with van der Waals surface area (Å²) >= 11 is 1.50. The Labute approximate surface area is 189 Å². The van der Waals surface area contributed by atoms with Crippen molar-refractivity contribution in [1.29, 1.82) is 0 Å². The minimum absolute atomic E-state index is 0.258. The first-order valence-corrected chi connectivity index (χ1v) is 11.6. The summed E-state index contributed by atoms with van der Waals surface area (Å²) in [6.07, 6.45) is 2.66. The summed E-state index contributed by atoms with van der Waals surface area (Å²) in [7, 11) is 0. The highest BCUT2D eigenvalue weighted by Gasteiger charge is 2.47. The van der Waals surface area contributed by atoms with Gasteiger partial charge in [-0.2, -0.15) is 11.8 Å². The van der Waals surface area contributed by atoms with Crippen molar-refractivity contribution in [2.75, 3.05) is 16.9 Å². The Kier molecular flexibility index (Phi) is 6.18. The third-order valence-corrected chi connectivity index (χ3v) is 6.44. The van der Waals surface area contributed by atoms with Gasteiger partial charge in [0, 0.05) is 18.5 Å². The lowest BCUT2D eigenvalue weighted by molar-refractivity contribution is -0.139.